The predicted molar refractivity (Wildman–Crippen MR) is 108 cm³/mol. The Balaban J connectivity index is 3.01. The summed E-state index contributed by atoms with van der Waals surface area (Å²) in [6, 6.07) is 1.53. The topological polar surface area (TPSA) is 0 Å². The third-order valence-electron chi connectivity index (χ3n) is 4.59. The van der Waals surface area contributed by atoms with E-state index in [1.165, 1.54) is 102 Å². The average molecular weight is 325 g/mol. The highest BCUT2D eigenvalue weighted by molar-refractivity contribution is 6.76. The normalized spacial score (nSPS) is 11.8. The van der Waals surface area contributed by atoms with Crippen LogP contribution < -0.4 is 0 Å². The van der Waals surface area contributed by atoms with Gasteiger partial charge < -0.3 is 0 Å². The first-order valence-corrected chi connectivity index (χ1v) is 13.9. The fourth-order valence-corrected chi connectivity index (χ4v) is 4.38. The molecule has 0 aromatic carbocycles. The second kappa shape index (κ2) is 15.8. The summed E-state index contributed by atoms with van der Waals surface area (Å²) < 4.78 is 0. The molecule has 0 unspecified atom stereocenters. The third-order valence-corrected chi connectivity index (χ3v) is 6.44. The molecule has 0 aromatic heterocycles. The largest absolute Gasteiger partial charge is 0.103 e. The maximum Gasteiger partial charge on any atom is 0.0442 e. The van der Waals surface area contributed by atoms with Crippen LogP contribution in [0, 0.1) is 0 Å². The van der Waals surface area contributed by atoms with Crippen LogP contribution in [0.1, 0.15) is 96.3 Å². The van der Waals surface area contributed by atoms with E-state index in [0.717, 1.165) is 0 Å². The Hall–Kier alpha value is -0.0431. The number of unbranched alkanes of at least 4 members (excludes halogenated alkanes) is 14. The summed E-state index contributed by atoms with van der Waals surface area (Å²) in [6.07, 6.45) is 23.7. The molecule has 0 N–H and O–H groups in total. The quantitative estimate of drug-likeness (QED) is 0.143. The van der Waals surface area contributed by atoms with E-state index < -0.39 is 8.07 Å². The smallest absolute Gasteiger partial charge is 0.0442 e. The van der Waals surface area contributed by atoms with E-state index in [4.69, 9.17) is 0 Å². The van der Waals surface area contributed by atoms with Crippen LogP contribution in [0.2, 0.25) is 25.7 Å². The summed E-state index contributed by atoms with van der Waals surface area (Å²) in [5.41, 5.74) is 0. The molecule has 0 fully saturated rings. The molecular weight excluding hydrogens is 280 g/mol. The van der Waals surface area contributed by atoms with Crippen molar-refractivity contribution in [2.45, 2.75) is 122 Å². The van der Waals surface area contributed by atoms with E-state index in [1.807, 2.05) is 6.08 Å². The number of rotatable bonds is 17. The highest BCUT2D eigenvalue weighted by Crippen LogP contribution is 2.16. The van der Waals surface area contributed by atoms with Gasteiger partial charge in [-0.25, -0.2) is 0 Å². The lowest BCUT2D eigenvalue weighted by atomic mass is 10.0. The van der Waals surface area contributed by atoms with Gasteiger partial charge in [-0.2, -0.15) is 0 Å². The Morgan fingerprint density at radius 3 is 1.18 bits per heavy atom. The Morgan fingerprint density at radius 1 is 0.545 bits per heavy atom. The van der Waals surface area contributed by atoms with E-state index >= 15 is 0 Å². The summed E-state index contributed by atoms with van der Waals surface area (Å²) in [6.45, 7) is 11.3. The van der Waals surface area contributed by atoms with E-state index in [1.54, 1.807) is 0 Å². The molecule has 0 aliphatic rings. The lowest BCUT2D eigenvalue weighted by molar-refractivity contribution is 0.536. The molecule has 0 atom stereocenters. The highest BCUT2D eigenvalue weighted by atomic mass is 28.3. The van der Waals surface area contributed by atoms with Crippen LogP contribution in [-0.2, 0) is 0 Å². The molecule has 0 bridgehead atoms. The van der Waals surface area contributed by atoms with Crippen molar-refractivity contribution < 1.29 is 0 Å². The molecule has 0 radical (unpaired) electrons. The molecular formula is C21H44Si. The maximum absolute atomic E-state index is 3.78. The van der Waals surface area contributed by atoms with E-state index in [9.17, 15) is 0 Å². The molecule has 22 heavy (non-hydrogen) atoms. The summed E-state index contributed by atoms with van der Waals surface area (Å²) in [5.74, 6) is 0. The minimum absolute atomic E-state index is 0.769. The predicted octanol–water partition coefficient (Wildman–Crippen LogP) is 8.36. The van der Waals surface area contributed by atoms with Crippen molar-refractivity contribution in [2.75, 3.05) is 0 Å². The monoisotopic (exact) mass is 324 g/mol. The molecule has 1 heteroatoms. The fraction of sp³-hybridized carbons (Fsp3) is 0.905. The molecule has 0 aromatic rings. The Bertz CT molecular complexity index is 227. The zero-order valence-corrected chi connectivity index (χ0v) is 17.1. The van der Waals surface area contributed by atoms with Gasteiger partial charge in [-0.15, -0.1) is 6.58 Å². The summed E-state index contributed by atoms with van der Waals surface area (Å²) in [5, 5.41) is 0. The van der Waals surface area contributed by atoms with E-state index in [2.05, 4.69) is 26.2 Å². The maximum atomic E-state index is 3.78. The van der Waals surface area contributed by atoms with Gasteiger partial charge in [0.15, 0.2) is 0 Å². The summed E-state index contributed by atoms with van der Waals surface area (Å²) >= 11 is 0. The second-order valence-corrected chi connectivity index (χ2v) is 14.0. The van der Waals surface area contributed by atoms with Crippen LogP contribution in [0.25, 0.3) is 0 Å². The lowest BCUT2D eigenvalue weighted by Gasteiger charge is -2.14. The van der Waals surface area contributed by atoms with E-state index in [-0.39, 0.29) is 0 Å². The molecule has 0 aliphatic carbocycles. The molecule has 0 saturated heterocycles. The van der Waals surface area contributed by atoms with Gasteiger partial charge in [-0.1, -0.05) is 115 Å². The van der Waals surface area contributed by atoms with Crippen molar-refractivity contribution in [3.05, 3.63) is 12.7 Å². The molecule has 0 nitrogen and oxygen atoms in total. The molecule has 0 rings (SSSR count). The minimum Gasteiger partial charge on any atom is -0.103 e. The summed E-state index contributed by atoms with van der Waals surface area (Å²) in [4.78, 5) is 0. The number of hydrogen-bond donors (Lipinski definition) is 0. The molecule has 0 spiro atoms. The molecule has 0 heterocycles. The van der Waals surface area contributed by atoms with Crippen molar-refractivity contribution in [3.63, 3.8) is 0 Å². The Kier molecular flexibility index (Phi) is 15.8. The Morgan fingerprint density at radius 2 is 0.864 bits per heavy atom. The zero-order valence-electron chi connectivity index (χ0n) is 16.1. The second-order valence-electron chi connectivity index (χ2n) is 8.34. The van der Waals surface area contributed by atoms with Gasteiger partial charge in [0, 0.05) is 8.07 Å². The van der Waals surface area contributed by atoms with Gasteiger partial charge in [-0.3, -0.25) is 0 Å². The van der Waals surface area contributed by atoms with Crippen LogP contribution in [0.15, 0.2) is 12.7 Å². The van der Waals surface area contributed by atoms with Crippen LogP contribution in [-0.4, -0.2) is 8.07 Å². The number of allylic oxidation sites excluding steroid dienone is 1. The van der Waals surface area contributed by atoms with Crippen LogP contribution in [0.3, 0.4) is 0 Å². The molecule has 132 valence electrons. The van der Waals surface area contributed by atoms with Gasteiger partial charge in [0.2, 0.25) is 0 Å². The molecule has 0 aliphatic heterocycles. The fourth-order valence-electron chi connectivity index (χ4n) is 3.07. The molecule has 0 amide bonds. The van der Waals surface area contributed by atoms with Gasteiger partial charge in [0.05, 0.1) is 0 Å². The van der Waals surface area contributed by atoms with Gasteiger partial charge >= 0.3 is 0 Å². The third kappa shape index (κ3) is 20.0. The van der Waals surface area contributed by atoms with Crippen LogP contribution in [0.5, 0.6) is 0 Å². The van der Waals surface area contributed by atoms with Crippen molar-refractivity contribution in [3.8, 4) is 0 Å². The van der Waals surface area contributed by atoms with Gasteiger partial charge in [0.25, 0.3) is 0 Å². The standard InChI is InChI=1S/C21H44Si/c1-5-6-7-8-9-10-11-12-13-14-15-16-17-18-19-20-21-22(2,3)4/h5H,1,6-21H2,2-4H3. The van der Waals surface area contributed by atoms with E-state index in [0.29, 0.717) is 0 Å². The van der Waals surface area contributed by atoms with Crippen molar-refractivity contribution >= 4 is 8.07 Å². The number of hydrogen-bond acceptors (Lipinski definition) is 0. The zero-order chi connectivity index (χ0) is 16.5. The summed E-state index contributed by atoms with van der Waals surface area (Å²) in [7, 11) is -0.769. The highest BCUT2D eigenvalue weighted by Gasteiger charge is 2.11. The van der Waals surface area contributed by atoms with Crippen molar-refractivity contribution in [1.29, 1.82) is 0 Å². The first-order chi connectivity index (χ1) is 10.6. The Labute approximate surface area is 143 Å². The van der Waals surface area contributed by atoms with Crippen molar-refractivity contribution in [1.82, 2.24) is 0 Å². The molecule has 0 saturated carbocycles. The van der Waals surface area contributed by atoms with Crippen LogP contribution in [0.4, 0.5) is 0 Å². The first kappa shape index (κ1) is 22.0. The SMILES string of the molecule is C=CCCCCCCCCCCCCCCCC[Si](C)(C)C. The lowest BCUT2D eigenvalue weighted by Crippen LogP contribution is -2.18. The average Bonchev–Trinajstić information content (AvgIpc) is 2.45. The minimum atomic E-state index is -0.769. The van der Waals surface area contributed by atoms with Gasteiger partial charge in [-0.05, 0) is 12.8 Å². The first-order valence-electron chi connectivity index (χ1n) is 10.2. The van der Waals surface area contributed by atoms with Crippen molar-refractivity contribution in [2.24, 2.45) is 0 Å². The van der Waals surface area contributed by atoms with Gasteiger partial charge in [0.1, 0.15) is 0 Å². The van der Waals surface area contributed by atoms with Crippen LogP contribution >= 0.6 is 0 Å².